The molecule has 0 nitrogen and oxygen atoms in total. The lowest BCUT2D eigenvalue weighted by molar-refractivity contribution is 0.838. The van der Waals surface area contributed by atoms with E-state index in [4.69, 9.17) is 0 Å². The first-order chi connectivity index (χ1) is 23.2. The molecule has 0 aliphatic carbocycles. The first kappa shape index (κ1) is 38.3. The van der Waals surface area contributed by atoms with Crippen molar-refractivity contribution in [1.29, 1.82) is 0 Å². The highest BCUT2D eigenvalue weighted by atomic mass is 32.1. The first-order valence-electron chi connectivity index (χ1n) is 17.8. The Morgan fingerprint density at radius 2 is 0.531 bits per heavy atom. The standard InChI is InChI=1S/C42H52S5Si2/c1-27(2)48(28(3)4,29(5)6)25-23-33-13-15-35(43-33)37-17-19-39(45-37)41-21-22-42(47-41)40-20-18-38(46-40)36-16-14-34(44-36)24-26-49(30(7)8,31(9)10)32(11)12/h13-22,27-32H,1-12H3. The second kappa shape index (κ2) is 15.7. The van der Waals surface area contributed by atoms with Gasteiger partial charge in [0.15, 0.2) is 0 Å². The summed E-state index contributed by atoms with van der Waals surface area (Å²) in [7, 11) is -3.47. The summed E-state index contributed by atoms with van der Waals surface area (Å²) < 4.78 is 0. The van der Waals surface area contributed by atoms with Crippen molar-refractivity contribution < 1.29 is 0 Å². The molecule has 258 valence electrons. The fraction of sp³-hybridized carbons (Fsp3) is 0.429. The number of thiophene rings is 5. The molecule has 49 heavy (non-hydrogen) atoms. The minimum atomic E-state index is -1.74. The van der Waals surface area contributed by atoms with Gasteiger partial charge in [0, 0.05) is 39.0 Å². The fourth-order valence-electron chi connectivity index (χ4n) is 8.09. The Kier molecular flexibility index (Phi) is 12.3. The molecule has 5 heterocycles. The van der Waals surface area contributed by atoms with Crippen LogP contribution in [0, 0.1) is 22.9 Å². The molecule has 0 fully saturated rings. The van der Waals surface area contributed by atoms with Gasteiger partial charge in [0.1, 0.15) is 16.1 Å². The van der Waals surface area contributed by atoms with Crippen LogP contribution in [0.3, 0.4) is 0 Å². The zero-order chi connectivity index (χ0) is 35.7. The van der Waals surface area contributed by atoms with Gasteiger partial charge in [-0.2, -0.15) is 0 Å². The largest absolute Gasteiger partial charge is 0.146 e. The molecule has 7 heteroatoms. The van der Waals surface area contributed by atoms with Gasteiger partial charge in [0.2, 0.25) is 0 Å². The Hall–Kier alpha value is -1.95. The molecule has 0 N–H and O–H groups in total. The molecule has 0 aromatic carbocycles. The lowest BCUT2D eigenvalue weighted by Gasteiger charge is -2.38. The van der Waals surface area contributed by atoms with Gasteiger partial charge in [-0.1, -0.05) is 94.9 Å². The molecule has 0 radical (unpaired) electrons. The van der Waals surface area contributed by atoms with Crippen LogP contribution in [0.5, 0.6) is 0 Å². The van der Waals surface area contributed by atoms with Crippen molar-refractivity contribution >= 4 is 72.8 Å². The number of hydrogen-bond donors (Lipinski definition) is 0. The van der Waals surface area contributed by atoms with Crippen LogP contribution >= 0.6 is 56.7 Å². The van der Waals surface area contributed by atoms with Crippen LogP contribution in [-0.2, 0) is 0 Å². The third-order valence-electron chi connectivity index (χ3n) is 10.5. The van der Waals surface area contributed by atoms with E-state index in [1.165, 1.54) is 48.8 Å². The molecule has 0 aliphatic rings. The van der Waals surface area contributed by atoms with Crippen LogP contribution in [-0.4, -0.2) is 16.1 Å². The normalized spacial score (nSPS) is 12.4. The van der Waals surface area contributed by atoms with E-state index in [1.54, 1.807) is 0 Å². The van der Waals surface area contributed by atoms with Crippen molar-refractivity contribution in [2.75, 3.05) is 0 Å². The average molecular weight is 773 g/mol. The molecule has 5 aromatic heterocycles. The first-order valence-corrected chi connectivity index (χ1v) is 26.3. The summed E-state index contributed by atoms with van der Waals surface area (Å²) in [5, 5.41) is 0. The van der Waals surface area contributed by atoms with Crippen LogP contribution in [0.1, 0.15) is 92.8 Å². The van der Waals surface area contributed by atoms with Gasteiger partial charge in [0.05, 0.1) is 9.75 Å². The van der Waals surface area contributed by atoms with Gasteiger partial charge in [-0.05, 0) is 93.9 Å². The Labute approximate surface area is 319 Å². The van der Waals surface area contributed by atoms with Gasteiger partial charge in [-0.15, -0.1) is 67.8 Å². The molecule has 0 unspecified atom stereocenters. The molecular weight excluding hydrogens is 721 g/mol. The molecule has 0 aliphatic heterocycles. The molecule has 0 spiro atoms. The Morgan fingerprint density at radius 1 is 0.327 bits per heavy atom. The third kappa shape index (κ3) is 7.80. The zero-order valence-corrected chi connectivity index (χ0v) is 37.4. The smallest absolute Gasteiger partial charge is 0.134 e. The van der Waals surface area contributed by atoms with Gasteiger partial charge in [-0.3, -0.25) is 0 Å². The van der Waals surface area contributed by atoms with E-state index in [9.17, 15) is 0 Å². The van der Waals surface area contributed by atoms with Gasteiger partial charge in [0.25, 0.3) is 0 Å². The van der Waals surface area contributed by atoms with Crippen molar-refractivity contribution in [1.82, 2.24) is 0 Å². The molecule has 0 atom stereocenters. The van der Waals surface area contributed by atoms with Crippen LogP contribution < -0.4 is 0 Å². The highest BCUT2D eigenvalue weighted by molar-refractivity contribution is 7.29. The van der Waals surface area contributed by atoms with Crippen molar-refractivity contribution in [2.24, 2.45) is 0 Å². The lowest BCUT2D eigenvalue weighted by Crippen LogP contribution is -2.43. The maximum absolute atomic E-state index is 3.90. The Morgan fingerprint density at radius 3 is 0.755 bits per heavy atom. The highest BCUT2D eigenvalue weighted by Gasteiger charge is 2.42. The quantitative estimate of drug-likeness (QED) is 0.0980. The van der Waals surface area contributed by atoms with E-state index >= 15 is 0 Å². The van der Waals surface area contributed by atoms with E-state index in [2.05, 4.69) is 167 Å². The van der Waals surface area contributed by atoms with Gasteiger partial charge in [-0.25, -0.2) is 0 Å². The maximum atomic E-state index is 3.90. The Balaban J connectivity index is 1.31. The van der Waals surface area contributed by atoms with Crippen LogP contribution in [0.25, 0.3) is 39.0 Å². The minimum absolute atomic E-state index is 0.648. The summed E-state index contributed by atoms with van der Waals surface area (Å²) in [6, 6.07) is 22.7. The second-order valence-corrected chi connectivity index (χ2v) is 31.7. The molecule has 5 rings (SSSR count). The van der Waals surface area contributed by atoms with Crippen LogP contribution in [0.15, 0.2) is 60.7 Å². The SMILES string of the molecule is CC(C)[Si](C#Cc1ccc(-c2ccc(-c3ccc(-c4ccc(-c5ccc(C#C[Si](C(C)C)(C(C)C)C(C)C)s5)s4)s3)s2)s1)(C(C)C)C(C)C. The van der Waals surface area contributed by atoms with Crippen molar-refractivity contribution in [2.45, 2.75) is 116 Å². The van der Waals surface area contributed by atoms with Crippen molar-refractivity contribution in [3.63, 3.8) is 0 Å². The monoisotopic (exact) mass is 772 g/mol. The number of rotatable bonds is 10. The molecule has 0 amide bonds. The fourth-order valence-corrected chi connectivity index (χ4v) is 23.8. The number of hydrogen-bond acceptors (Lipinski definition) is 5. The summed E-state index contributed by atoms with van der Waals surface area (Å²) in [6.07, 6.45) is 0. The van der Waals surface area contributed by atoms with Crippen molar-refractivity contribution in [3.8, 4) is 61.9 Å². The predicted octanol–water partition coefficient (Wildman–Crippen LogP) is 15.8. The van der Waals surface area contributed by atoms with Crippen LogP contribution in [0.2, 0.25) is 33.2 Å². The molecule has 5 aromatic rings. The molecular formula is C42H52S5Si2. The molecule has 0 saturated heterocycles. The summed E-state index contributed by atoms with van der Waals surface area (Å²) in [5.41, 5.74) is 11.7. The highest BCUT2D eigenvalue weighted by Crippen LogP contribution is 2.46. The molecule has 0 saturated carbocycles. The van der Waals surface area contributed by atoms with E-state index in [0.29, 0.717) is 33.2 Å². The predicted molar refractivity (Wildman–Crippen MR) is 233 cm³/mol. The van der Waals surface area contributed by atoms with Gasteiger partial charge >= 0.3 is 0 Å². The summed E-state index contributed by atoms with van der Waals surface area (Å²) in [5.74, 6) is 7.30. The van der Waals surface area contributed by atoms with Gasteiger partial charge < -0.3 is 0 Å². The minimum Gasteiger partial charge on any atom is -0.134 e. The van der Waals surface area contributed by atoms with E-state index in [0.717, 1.165) is 0 Å². The average Bonchev–Trinajstić information content (AvgIpc) is 3.86. The summed E-state index contributed by atoms with van der Waals surface area (Å²) in [6.45, 7) is 28.6. The van der Waals surface area contributed by atoms with E-state index in [-0.39, 0.29) is 0 Å². The van der Waals surface area contributed by atoms with Crippen molar-refractivity contribution in [3.05, 3.63) is 70.4 Å². The van der Waals surface area contributed by atoms with E-state index in [1.807, 2.05) is 56.7 Å². The summed E-state index contributed by atoms with van der Waals surface area (Å²) >= 11 is 9.36. The van der Waals surface area contributed by atoms with E-state index < -0.39 is 16.1 Å². The second-order valence-electron chi connectivity index (χ2n) is 15.1. The third-order valence-corrected chi connectivity index (χ3v) is 29.2. The molecule has 0 bridgehead atoms. The summed E-state index contributed by atoms with van der Waals surface area (Å²) in [4.78, 5) is 13.0. The zero-order valence-electron chi connectivity index (χ0n) is 31.3. The lowest BCUT2D eigenvalue weighted by atomic mass is 10.3. The maximum Gasteiger partial charge on any atom is 0.146 e. The Bertz CT molecular complexity index is 1790. The topological polar surface area (TPSA) is 0 Å². The van der Waals surface area contributed by atoms with Crippen LogP contribution in [0.4, 0.5) is 0 Å².